The molecule has 0 saturated carbocycles. The van der Waals surface area contributed by atoms with Gasteiger partial charge in [0, 0.05) is 0 Å². The van der Waals surface area contributed by atoms with Gasteiger partial charge in [0.15, 0.2) is 0 Å². The largest absolute Gasteiger partial charge is 0.341 e. The average molecular weight is 182 g/mol. The van der Waals surface area contributed by atoms with Crippen molar-refractivity contribution in [3.63, 3.8) is 0 Å². The number of hydrogen-bond donors (Lipinski definition) is 2. The Morgan fingerprint density at radius 3 is 2.38 bits per heavy atom. The SMILES string of the molecule is C#CC(C)NC(=O)C(N)(CC)CC. The molecule has 13 heavy (non-hydrogen) atoms. The van der Waals surface area contributed by atoms with E-state index in [1.54, 1.807) is 6.92 Å². The van der Waals surface area contributed by atoms with Crippen LogP contribution in [0.5, 0.6) is 0 Å². The zero-order valence-corrected chi connectivity index (χ0v) is 8.55. The zero-order chi connectivity index (χ0) is 10.5. The van der Waals surface area contributed by atoms with Gasteiger partial charge in [-0.05, 0) is 19.8 Å². The lowest BCUT2D eigenvalue weighted by Gasteiger charge is -2.26. The Hall–Kier alpha value is -1.01. The fourth-order valence-electron chi connectivity index (χ4n) is 0.953. The first kappa shape index (κ1) is 12.0. The van der Waals surface area contributed by atoms with Gasteiger partial charge in [-0.1, -0.05) is 19.8 Å². The van der Waals surface area contributed by atoms with Crippen LogP contribution in [0, 0.1) is 12.3 Å². The first-order valence-corrected chi connectivity index (χ1v) is 4.56. The standard InChI is InChI=1S/C10H18N2O/c1-5-8(4)12-9(13)10(11,6-2)7-3/h1,8H,6-7,11H2,2-4H3,(H,12,13). The highest BCUT2D eigenvalue weighted by Crippen LogP contribution is 2.11. The van der Waals surface area contributed by atoms with Crippen LogP contribution in [0.4, 0.5) is 0 Å². The highest BCUT2D eigenvalue weighted by Gasteiger charge is 2.30. The molecule has 3 heteroatoms. The third-order valence-electron chi connectivity index (χ3n) is 2.31. The minimum Gasteiger partial charge on any atom is -0.341 e. The van der Waals surface area contributed by atoms with Crippen molar-refractivity contribution in [1.29, 1.82) is 0 Å². The number of nitrogens with one attached hydrogen (secondary N) is 1. The van der Waals surface area contributed by atoms with E-state index in [9.17, 15) is 4.79 Å². The molecule has 1 atom stereocenters. The molecule has 0 aromatic heterocycles. The molecule has 1 unspecified atom stereocenters. The maximum atomic E-state index is 11.6. The summed E-state index contributed by atoms with van der Waals surface area (Å²) in [5, 5.41) is 2.67. The molecule has 0 aliphatic carbocycles. The summed E-state index contributed by atoms with van der Waals surface area (Å²) in [6.45, 7) is 5.54. The molecule has 0 saturated heterocycles. The summed E-state index contributed by atoms with van der Waals surface area (Å²) < 4.78 is 0. The Morgan fingerprint density at radius 1 is 1.62 bits per heavy atom. The second kappa shape index (κ2) is 4.88. The predicted octanol–water partition coefficient (Wildman–Crippen LogP) is 0.642. The van der Waals surface area contributed by atoms with Crippen LogP contribution in [-0.2, 0) is 4.79 Å². The van der Waals surface area contributed by atoms with Crippen molar-refractivity contribution < 1.29 is 4.79 Å². The molecule has 0 aliphatic rings. The summed E-state index contributed by atoms with van der Waals surface area (Å²) in [6, 6.07) is -0.256. The van der Waals surface area contributed by atoms with Gasteiger partial charge in [0.2, 0.25) is 5.91 Å². The fraction of sp³-hybridized carbons (Fsp3) is 0.700. The van der Waals surface area contributed by atoms with Crippen molar-refractivity contribution in [3.8, 4) is 12.3 Å². The van der Waals surface area contributed by atoms with Gasteiger partial charge in [0.1, 0.15) is 0 Å². The summed E-state index contributed by atoms with van der Waals surface area (Å²) >= 11 is 0. The van der Waals surface area contributed by atoms with Crippen LogP contribution in [-0.4, -0.2) is 17.5 Å². The lowest BCUT2D eigenvalue weighted by molar-refractivity contribution is -0.126. The molecular formula is C10H18N2O. The summed E-state index contributed by atoms with van der Waals surface area (Å²) in [5.74, 6) is 2.26. The Morgan fingerprint density at radius 2 is 2.08 bits per heavy atom. The van der Waals surface area contributed by atoms with Crippen LogP contribution in [0.15, 0.2) is 0 Å². The Labute approximate surface area is 80.1 Å². The maximum Gasteiger partial charge on any atom is 0.241 e. The molecule has 0 bridgehead atoms. The van der Waals surface area contributed by atoms with E-state index in [-0.39, 0.29) is 11.9 Å². The van der Waals surface area contributed by atoms with E-state index in [0.29, 0.717) is 12.8 Å². The van der Waals surface area contributed by atoms with Crippen molar-refractivity contribution in [2.75, 3.05) is 0 Å². The fourth-order valence-corrected chi connectivity index (χ4v) is 0.953. The maximum absolute atomic E-state index is 11.6. The number of carbonyl (C=O) groups is 1. The highest BCUT2D eigenvalue weighted by molar-refractivity contribution is 5.86. The molecule has 74 valence electrons. The summed E-state index contributed by atoms with van der Waals surface area (Å²) in [5.41, 5.74) is 5.09. The quantitative estimate of drug-likeness (QED) is 0.627. The monoisotopic (exact) mass is 182 g/mol. The molecule has 0 aliphatic heterocycles. The molecule has 0 aromatic rings. The Bertz CT molecular complexity index is 213. The Balaban J connectivity index is 4.33. The van der Waals surface area contributed by atoms with Gasteiger partial charge >= 0.3 is 0 Å². The first-order chi connectivity index (χ1) is 6.00. The van der Waals surface area contributed by atoms with Gasteiger partial charge in [-0.25, -0.2) is 0 Å². The third-order valence-corrected chi connectivity index (χ3v) is 2.31. The van der Waals surface area contributed by atoms with E-state index < -0.39 is 5.54 Å². The van der Waals surface area contributed by atoms with E-state index >= 15 is 0 Å². The first-order valence-electron chi connectivity index (χ1n) is 4.56. The lowest BCUT2D eigenvalue weighted by atomic mass is 9.93. The van der Waals surface area contributed by atoms with Gasteiger partial charge in [-0.2, -0.15) is 0 Å². The molecule has 0 spiro atoms. The van der Waals surface area contributed by atoms with Crippen LogP contribution in [0.25, 0.3) is 0 Å². The van der Waals surface area contributed by atoms with E-state index in [2.05, 4.69) is 11.2 Å². The summed E-state index contributed by atoms with van der Waals surface area (Å²) in [6.07, 6.45) is 6.38. The van der Waals surface area contributed by atoms with Crippen molar-refractivity contribution in [2.45, 2.75) is 45.2 Å². The van der Waals surface area contributed by atoms with E-state index in [0.717, 1.165) is 0 Å². The van der Waals surface area contributed by atoms with Crippen LogP contribution in [0.1, 0.15) is 33.6 Å². The van der Waals surface area contributed by atoms with Crippen LogP contribution in [0.3, 0.4) is 0 Å². The zero-order valence-electron chi connectivity index (χ0n) is 8.55. The van der Waals surface area contributed by atoms with Gasteiger partial charge in [-0.15, -0.1) is 6.42 Å². The Kier molecular flexibility index (Phi) is 4.50. The molecule has 0 heterocycles. The average Bonchev–Trinajstić information content (AvgIpc) is 2.16. The van der Waals surface area contributed by atoms with Gasteiger partial charge < -0.3 is 11.1 Å². The van der Waals surface area contributed by atoms with Crippen molar-refractivity contribution in [2.24, 2.45) is 5.73 Å². The smallest absolute Gasteiger partial charge is 0.241 e. The number of nitrogens with two attached hydrogens (primary N) is 1. The topological polar surface area (TPSA) is 55.1 Å². The summed E-state index contributed by atoms with van der Waals surface area (Å²) in [4.78, 5) is 11.6. The molecule has 0 fully saturated rings. The molecule has 1 amide bonds. The number of carbonyl (C=O) groups excluding carboxylic acids is 1. The van der Waals surface area contributed by atoms with Crippen molar-refractivity contribution in [3.05, 3.63) is 0 Å². The summed E-state index contributed by atoms with van der Waals surface area (Å²) in [7, 11) is 0. The van der Waals surface area contributed by atoms with Crippen LogP contribution >= 0.6 is 0 Å². The molecule has 0 aromatic carbocycles. The van der Waals surface area contributed by atoms with Crippen LogP contribution < -0.4 is 11.1 Å². The van der Waals surface area contributed by atoms with E-state index in [1.165, 1.54) is 0 Å². The highest BCUT2D eigenvalue weighted by atomic mass is 16.2. The number of hydrogen-bond acceptors (Lipinski definition) is 2. The van der Waals surface area contributed by atoms with Gasteiger partial charge in [-0.3, -0.25) is 4.79 Å². The molecule has 3 N–H and O–H groups in total. The minimum atomic E-state index is -0.773. The molecule has 3 nitrogen and oxygen atoms in total. The molecular weight excluding hydrogens is 164 g/mol. The third kappa shape index (κ3) is 3.08. The second-order valence-electron chi connectivity index (χ2n) is 3.23. The minimum absolute atomic E-state index is 0.164. The van der Waals surface area contributed by atoms with E-state index in [4.69, 9.17) is 12.2 Å². The second-order valence-corrected chi connectivity index (χ2v) is 3.23. The van der Waals surface area contributed by atoms with E-state index in [1.807, 2.05) is 13.8 Å². The predicted molar refractivity (Wildman–Crippen MR) is 53.9 cm³/mol. The van der Waals surface area contributed by atoms with Crippen LogP contribution in [0.2, 0.25) is 0 Å². The van der Waals surface area contributed by atoms with Crippen molar-refractivity contribution in [1.82, 2.24) is 5.32 Å². The van der Waals surface area contributed by atoms with Crippen molar-refractivity contribution >= 4 is 5.91 Å². The van der Waals surface area contributed by atoms with Gasteiger partial charge in [0.05, 0.1) is 11.6 Å². The number of rotatable bonds is 4. The van der Waals surface area contributed by atoms with Gasteiger partial charge in [0.25, 0.3) is 0 Å². The molecule has 0 radical (unpaired) electrons. The lowest BCUT2D eigenvalue weighted by Crippen LogP contribution is -2.54. The molecule has 0 rings (SSSR count). The normalized spacial score (nSPS) is 13.2. The number of terminal acetylenes is 1. The number of amides is 1.